The molecule has 23 heavy (non-hydrogen) atoms. The first kappa shape index (κ1) is 15.7. The van der Waals surface area contributed by atoms with E-state index in [0.717, 1.165) is 25.2 Å². The summed E-state index contributed by atoms with van der Waals surface area (Å²) in [6.07, 6.45) is 5.60. The fourth-order valence-corrected chi connectivity index (χ4v) is 3.12. The van der Waals surface area contributed by atoms with Crippen LogP contribution in [0.15, 0.2) is 36.9 Å². The van der Waals surface area contributed by atoms with Gasteiger partial charge in [-0.2, -0.15) is 5.10 Å². The number of hydrogen-bond acceptors (Lipinski definition) is 4. The predicted molar refractivity (Wildman–Crippen MR) is 88.2 cm³/mol. The zero-order valence-corrected chi connectivity index (χ0v) is 13.5. The number of nitrogens with one attached hydrogen (secondary N) is 1. The molecule has 6 nitrogen and oxygen atoms in total. The molecule has 3 rings (SSSR count). The summed E-state index contributed by atoms with van der Waals surface area (Å²) in [4.78, 5) is 18.6. The number of carbonyl (C=O) groups is 1. The van der Waals surface area contributed by atoms with Crippen LogP contribution in [0.4, 0.5) is 0 Å². The van der Waals surface area contributed by atoms with Crippen LogP contribution in [0.2, 0.25) is 0 Å². The summed E-state index contributed by atoms with van der Waals surface area (Å²) in [7, 11) is 0. The van der Waals surface area contributed by atoms with Crippen molar-refractivity contribution in [2.75, 3.05) is 19.6 Å². The van der Waals surface area contributed by atoms with Crippen LogP contribution in [0.25, 0.3) is 0 Å². The number of amides is 1. The molecule has 2 heterocycles. The van der Waals surface area contributed by atoms with Crippen molar-refractivity contribution in [3.8, 4) is 0 Å². The van der Waals surface area contributed by atoms with Crippen LogP contribution in [0, 0.1) is 0 Å². The van der Waals surface area contributed by atoms with Crippen LogP contribution in [0.5, 0.6) is 0 Å². The van der Waals surface area contributed by atoms with Gasteiger partial charge in [0.05, 0.1) is 6.54 Å². The van der Waals surface area contributed by atoms with E-state index in [0.29, 0.717) is 18.2 Å². The molecule has 1 amide bonds. The lowest BCUT2D eigenvalue weighted by Gasteiger charge is -2.22. The standard InChI is InChI=1S/C17H23N5O/c1-2-21-9-3-4-16(21)10-19-17(23)15-7-5-14(6-8-15)11-22-13-18-12-20-22/h5-8,12-13,16H,2-4,9-11H2,1H3,(H,19,23). The molecule has 1 fully saturated rings. The van der Waals surface area contributed by atoms with E-state index in [9.17, 15) is 4.79 Å². The Balaban J connectivity index is 1.53. The maximum Gasteiger partial charge on any atom is 0.251 e. The number of carbonyl (C=O) groups excluding carboxylic acids is 1. The lowest BCUT2D eigenvalue weighted by atomic mass is 10.1. The second kappa shape index (κ2) is 7.37. The molecular weight excluding hydrogens is 290 g/mol. The van der Waals surface area contributed by atoms with Gasteiger partial charge in [-0.15, -0.1) is 0 Å². The third kappa shape index (κ3) is 3.96. The van der Waals surface area contributed by atoms with Crippen molar-refractivity contribution >= 4 is 5.91 Å². The summed E-state index contributed by atoms with van der Waals surface area (Å²) >= 11 is 0. The van der Waals surface area contributed by atoms with E-state index in [2.05, 4.69) is 27.2 Å². The number of rotatable bonds is 6. The fraction of sp³-hybridized carbons (Fsp3) is 0.471. The number of nitrogens with zero attached hydrogens (tertiary/aromatic N) is 4. The van der Waals surface area contributed by atoms with Crippen molar-refractivity contribution < 1.29 is 4.79 Å². The van der Waals surface area contributed by atoms with Crippen molar-refractivity contribution in [1.29, 1.82) is 0 Å². The Labute approximate surface area is 136 Å². The molecular formula is C17H23N5O. The summed E-state index contributed by atoms with van der Waals surface area (Å²) in [5.41, 5.74) is 1.80. The topological polar surface area (TPSA) is 63.1 Å². The maximum atomic E-state index is 12.3. The minimum Gasteiger partial charge on any atom is -0.350 e. The van der Waals surface area contributed by atoms with Crippen molar-refractivity contribution in [3.63, 3.8) is 0 Å². The van der Waals surface area contributed by atoms with Gasteiger partial charge in [0, 0.05) is 18.2 Å². The van der Waals surface area contributed by atoms with Gasteiger partial charge in [-0.1, -0.05) is 19.1 Å². The minimum absolute atomic E-state index is 0.000240. The summed E-state index contributed by atoms with van der Waals surface area (Å²) in [6.45, 7) is 5.77. The quantitative estimate of drug-likeness (QED) is 0.879. The highest BCUT2D eigenvalue weighted by Crippen LogP contribution is 2.15. The van der Waals surface area contributed by atoms with E-state index in [1.54, 1.807) is 11.0 Å². The summed E-state index contributed by atoms with van der Waals surface area (Å²) < 4.78 is 1.76. The number of benzene rings is 1. The fourth-order valence-electron chi connectivity index (χ4n) is 3.12. The predicted octanol–water partition coefficient (Wildman–Crippen LogP) is 1.54. The van der Waals surface area contributed by atoms with Gasteiger partial charge in [0.25, 0.3) is 5.91 Å². The van der Waals surface area contributed by atoms with Crippen molar-refractivity contribution in [1.82, 2.24) is 25.0 Å². The summed E-state index contributed by atoms with van der Waals surface area (Å²) in [5.74, 6) is 0.000240. The monoisotopic (exact) mass is 313 g/mol. The Morgan fingerprint density at radius 3 is 2.87 bits per heavy atom. The van der Waals surface area contributed by atoms with Crippen molar-refractivity contribution in [2.45, 2.75) is 32.4 Å². The average Bonchev–Trinajstić information content (AvgIpc) is 3.24. The zero-order chi connectivity index (χ0) is 16.1. The highest BCUT2D eigenvalue weighted by Gasteiger charge is 2.23. The van der Waals surface area contributed by atoms with E-state index in [4.69, 9.17) is 0 Å². The number of likely N-dealkylation sites (N-methyl/N-ethyl adjacent to an activating group) is 1. The Kier molecular flexibility index (Phi) is 5.02. The maximum absolute atomic E-state index is 12.3. The Morgan fingerprint density at radius 1 is 1.35 bits per heavy atom. The van der Waals surface area contributed by atoms with Crippen LogP contribution in [-0.2, 0) is 6.54 Å². The third-order valence-corrected chi connectivity index (χ3v) is 4.43. The van der Waals surface area contributed by atoms with Crippen molar-refractivity contribution in [3.05, 3.63) is 48.0 Å². The Morgan fingerprint density at radius 2 is 2.17 bits per heavy atom. The smallest absolute Gasteiger partial charge is 0.251 e. The molecule has 1 N–H and O–H groups in total. The van der Waals surface area contributed by atoms with Crippen molar-refractivity contribution in [2.24, 2.45) is 0 Å². The molecule has 1 atom stereocenters. The van der Waals surface area contributed by atoms with E-state index in [1.807, 2.05) is 24.3 Å². The highest BCUT2D eigenvalue weighted by molar-refractivity contribution is 5.94. The molecule has 122 valence electrons. The van der Waals surface area contributed by atoms with Crippen LogP contribution in [-0.4, -0.2) is 51.2 Å². The van der Waals surface area contributed by atoms with E-state index in [-0.39, 0.29) is 5.91 Å². The normalized spacial score (nSPS) is 18.2. The molecule has 1 saturated heterocycles. The first-order chi connectivity index (χ1) is 11.3. The van der Waals surface area contributed by atoms with Gasteiger partial charge in [0.1, 0.15) is 12.7 Å². The second-order valence-corrected chi connectivity index (χ2v) is 5.92. The molecule has 1 aliphatic heterocycles. The molecule has 2 aromatic rings. The average molecular weight is 313 g/mol. The highest BCUT2D eigenvalue weighted by atomic mass is 16.1. The van der Waals surface area contributed by atoms with Gasteiger partial charge < -0.3 is 5.32 Å². The van der Waals surface area contributed by atoms with Gasteiger partial charge in [-0.3, -0.25) is 9.69 Å². The third-order valence-electron chi connectivity index (χ3n) is 4.43. The van der Waals surface area contributed by atoms with Crippen LogP contribution in [0.1, 0.15) is 35.7 Å². The van der Waals surface area contributed by atoms with Crippen LogP contribution < -0.4 is 5.32 Å². The molecule has 1 aliphatic rings. The van der Waals surface area contributed by atoms with Crippen LogP contribution in [0.3, 0.4) is 0 Å². The van der Waals surface area contributed by atoms with Gasteiger partial charge in [-0.25, -0.2) is 9.67 Å². The van der Waals surface area contributed by atoms with E-state index >= 15 is 0 Å². The SMILES string of the molecule is CCN1CCCC1CNC(=O)c1ccc(Cn2cncn2)cc1. The van der Waals surface area contributed by atoms with Gasteiger partial charge >= 0.3 is 0 Å². The first-order valence-corrected chi connectivity index (χ1v) is 8.20. The lowest BCUT2D eigenvalue weighted by Crippen LogP contribution is -2.40. The number of likely N-dealkylation sites (tertiary alicyclic amines) is 1. The Hall–Kier alpha value is -2.21. The second-order valence-electron chi connectivity index (χ2n) is 5.92. The molecule has 0 saturated carbocycles. The van der Waals surface area contributed by atoms with E-state index in [1.165, 1.54) is 19.2 Å². The zero-order valence-electron chi connectivity index (χ0n) is 13.5. The molecule has 0 aliphatic carbocycles. The molecule has 0 bridgehead atoms. The molecule has 1 aromatic carbocycles. The molecule has 1 unspecified atom stereocenters. The molecule has 0 spiro atoms. The molecule has 0 radical (unpaired) electrons. The Bertz CT molecular complexity index is 623. The van der Waals surface area contributed by atoms with Gasteiger partial charge in [-0.05, 0) is 43.6 Å². The lowest BCUT2D eigenvalue weighted by molar-refractivity contribution is 0.0941. The van der Waals surface area contributed by atoms with E-state index < -0.39 is 0 Å². The van der Waals surface area contributed by atoms with Crippen LogP contribution >= 0.6 is 0 Å². The largest absolute Gasteiger partial charge is 0.350 e. The number of hydrogen-bond donors (Lipinski definition) is 1. The molecule has 6 heteroatoms. The van der Waals surface area contributed by atoms with Gasteiger partial charge in [0.15, 0.2) is 0 Å². The molecule has 1 aromatic heterocycles. The number of aromatic nitrogens is 3. The minimum atomic E-state index is 0.000240. The van der Waals surface area contributed by atoms with Gasteiger partial charge in [0.2, 0.25) is 0 Å². The first-order valence-electron chi connectivity index (χ1n) is 8.20. The summed E-state index contributed by atoms with van der Waals surface area (Å²) in [5, 5.41) is 7.14. The summed E-state index contributed by atoms with van der Waals surface area (Å²) in [6, 6.07) is 8.15.